The monoisotopic (exact) mass is 613 g/mol. The molecule has 3 aliphatic heterocycles. The van der Waals surface area contributed by atoms with Crippen molar-refractivity contribution in [2.24, 2.45) is 0 Å². The van der Waals surface area contributed by atoms with Crippen LogP contribution >= 0.6 is 11.6 Å². The number of anilines is 5. The number of nitrogens with one attached hydrogen (secondary N) is 1. The summed E-state index contributed by atoms with van der Waals surface area (Å²) in [5.41, 5.74) is 2.48. The van der Waals surface area contributed by atoms with E-state index >= 15 is 0 Å². The van der Waals surface area contributed by atoms with Crippen LogP contribution in [0.15, 0.2) is 78.9 Å². The van der Waals surface area contributed by atoms with Gasteiger partial charge in [0.15, 0.2) is 0 Å². The fraction of sp³-hybridized carbons (Fsp3) is 0.312. The van der Waals surface area contributed by atoms with Gasteiger partial charge >= 0.3 is 0 Å². The van der Waals surface area contributed by atoms with Crippen molar-refractivity contribution in [1.82, 2.24) is 15.0 Å². The number of benzene rings is 3. The normalized spacial score (nSPS) is 20.3. The van der Waals surface area contributed by atoms with Crippen molar-refractivity contribution in [3.8, 4) is 5.75 Å². The fourth-order valence-corrected chi connectivity index (χ4v) is 5.67. The molecule has 3 aromatic carbocycles. The van der Waals surface area contributed by atoms with Crippen molar-refractivity contribution in [3.05, 3.63) is 89.4 Å². The minimum atomic E-state index is -0.654. The van der Waals surface area contributed by atoms with Gasteiger partial charge in [-0.05, 0) is 54.1 Å². The second-order valence-corrected chi connectivity index (χ2v) is 11.1. The Bertz CT molecular complexity index is 1540. The third kappa shape index (κ3) is 5.99. The van der Waals surface area contributed by atoms with E-state index in [0.717, 1.165) is 16.9 Å². The summed E-state index contributed by atoms with van der Waals surface area (Å²) in [5, 5.41) is 3.98. The van der Waals surface area contributed by atoms with Gasteiger partial charge in [-0.2, -0.15) is 15.0 Å². The molecule has 4 aromatic rings. The molecule has 4 heterocycles. The van der Waals surface area contributed by atoms with Gasteiger partial charge in [0.1, 0.15) is 11.8 Å². The number of hydrogen-bond donors (Lipinski definition) is 1. The summed E-state index contributed by atoms with van der Waals surface area (Å²) in [7, 11) is 0. The Balaban J connectivity index is 1.13. The lowest BCUT2D eigenvalue weighted by molar-refractivity contribution is -0.135. The highest BCUT2D eigenvalue weighted by atomic mass is 35.5. The van der Waals surface area contributed by atoms with Crippen LogP contribution in [0.4, 0.5) is 29.2 Å². The van der Waals surface area contributed by atoms with E-state index in [0.29, 0.717) is 81.2 Å². The average Bonchev–Trinajstić information content (AvgIpc) is 3.08. The number of β-lactam (4-membered cyclic amide) rings is 1. The van der Waals surface area contributed by atoms with Gasteiger partial charge in [-0.3, -0.25) is 9.69 Å². The highest BCUT2D eigenvalue weighted by Crippen LogP contribution is 2.42. The Kier molecular flexibility index (Phi) is 8.14. The van der Waals surface area contributed by atoms with Gasteiger partial charge in [0.05, 0.1) is 26.4 Å². The number of carbonyl (C=O) groups is 1. The van der Waals surface area contributed by atoms with Gasteiger partial charge < -0.3 is 29.3 Å². The highest BCUT2D eigenvalue weighted by molar-refractivity contribution is 6.30. The standard InChI is InChI=1S/C32H32ClN7O4/c33-23-8-6-22(7-9-23)27-28(44-26-4-2-1-3-5-26)29(41)40(27)25-12-10-24(11-13-25)34-30-35-31(38-14-18-42-19-15-38)37-32(36-30)39-16-20-43-21-17-39/h1-13,27-28H,14-21H2,(H,34,35,36,37)/t27-,28+/m1/s1. The maximum atomic E-state index is 13.5. The molecule has 0 spiro atoms. The minimum absolute atomic E-state index is 0.114. The molecule has 1 amide bonds. The molecule has 2 atom stereocenters. The van der Waals surface area contributed by atoms with E-state index < -0.39 is 6.10 Å². The van der Waals surface area contributed by atoms with Crippen LogP contribution in [0.2, 0.25) is 5.02 Å². The van der Waals surface area contributed by atoms with Gasteiger partial charge in [-0.1, -0.05) is 41.9 Å². The summed E-state index contributed by atoms with van der Waals surface area (Å²) in [5.74, 6) is 2.22. The molecule has 0 saturated carbocycles. The minimum Gasteiger partial charge on any atom is -0.478 e. The first-order chi connectivity index (χ1) is 21.6. The summed E-state index contributed by atoms with van der Waals surface area (Å²) in [6, 6.07) is 24.3. The van der Waals surface area contributed by atoms with Crippen LogP contribution in [0.25, 0.3) is 0 Å². The summed E-state index contributed by atoms with van der Waals surface area (Å²) in [6.45, 7) is 5.39. The second-order valence-electron chi connectivity index (χ2n) is 10.7. The van der Waals surface area contributed by atoms with E-state index in [2.05, 4.69) is 15.1 Å². The van der Waals surface area contributed by atoms with E-state index in [9.17, 15) is 4.79 Å². The second kappa shape index (κ2) is 12.7. The van der Waals surface area contributed by atoms with E-state index in [1.165, 1.54) is 0 Å². The van der Waals surface area contributed by atoms with Crippen molar-refractivity contribution >= 4 is 46.7 Å². The van der Waals surface area contributed by atoms with E-state index in [1.807, 2.05) is 78.9 Å². The third-order valence-electron chi connectivity index (χ3n) is 7.86. The molecule has 11 nitrogen and oxygen atoms in total. The fourth-order valence-electron chi connectivity index (χ4n) is 5.55. The zero-order chi connectivity index (χ0) is 29.9. The number of rotatable bonds is 8. The van der Waals surface area contributed by atoms with Crippen molar-refractivity contribution in [1.29, 1.82) is 0 Å². The van der Waals surface area contributed by atoms with Gasteiger partial charge in [0.2, 0.25) is 23.9 Å². The Morgan fingerprint density at radius 1 is 0.750 bits per heavy atom. The average molecular weight is 614 g/mol. The lowest BCUT2D eigenvalue weighted by Gasteiger charge is -2.46. The number of para-hydroxylation sites is 1. The van der Waals surface area contributed by atoms with Crippen LogP contribution < -0.4 is 24.8 Å². The molecule has 7 rings (SSSR count). The number of morpholine rings is 2. The van der Waals surface area contributed by atoms with Crippen LogP contribution in [0, 0.1) is 0 Å². The molecule has 0 aliphatic carbocycles. The van der Waals surface area contributed by atoms with Crippen LogP contribution in [0.1, 0.15) is 11.6 Å². The SMILES string of the molecule is O=C1[C@@H](Oc2ccccc2)[C@@H](c2ccc(Cl)cc2)N1c1ccc(Nc2nc(N3CCOCC3)nc(N3CCOCC3)n2)cc1. The van der Waals surface area contributed by atoms with Gasteiger partial charge in [-0.25, -0.2) is 0 Å². The van der Waals surface area contributed by atoms with E-state index in [1.54, 1.807) is 4.90 Å². The van der Waals surface area contributed by atoms with Gasteiger partial charge in [0.25, 0.3) is 5.91 Å². The van der Waals surface area contributed by atoms with Crippen LogP contribution in [-0.4, -0.2) is 79.6 Å². The first-order valence-corrected chi connectivity index (χ1v) is 15.1. The highest BCUT2D eigenvalue weighted by Gasteiger charge is 2.51. The summed E-state index contributed by atoms with van der Waals surface area (Å²) in [4.78, 5) is 33.7. The van der Waals surface area contributed by atoms with Gasteiger partial charge in [-0.15, -0.1) is 0 Å². The quantitative estimate of drug-likeness (QED) is 0.286. The van der Waals surface area contributed by atoms with Crippen molar-refractivity contribution in [2.45, 2.75) is 12.1 Å². The van der Waals surface area contributed by atoms with Crippen molar-refractivity contribution in [2.75, 3.05) is 72.6 Å². The maximum Gasteiger partial charge on any atom is 0.271 e. The first-order valence-electron chi connectivity index (χ1n) is 14.7. The van der Waals surface area contributed by atoms with E-state index in [4.69, 9.17) is 40.8 Å². The molecule has 226 valence electrons. The maximum absolute atomic E-state index is 13.5. The third-order valence-corrected chi connectivity index (χ3v) is 8.12. The van der Waals surface area contributed by atoms with E-state index in [-0.39, 0.29) is 11.9 Å². The molecular weight excluding hydrogens is 582 g/mol. The first kappa shape index (κ1) is 28.3. The molecule has 1 N–H and O–H groups in total. The molecule has 3 fully saturated rings. The number of nitrogens with zero attached hydrogens (tertiary/aromatic N) is 6. The molecular formula is C32H32ClN7O4. The predicted octanol–water partition coefficient (Wildman–Crippen LogP) is 4.48. The van der Waals surface area contributed by atoms with Crippen LogP contribution in [-0.2, 0) is 14.3 Å². The van der Waals surface area contributed by atoms with Crippen molar-refractivity contribution in [3.63, 3.8) is 0 Å². The Morgan fingerprint density at radius 3 is 1.93 bits per heavy atom. The molecule has 0 radical (unpaired) electrons. The van der Waals surface area contributed by atoms with Crippen LogP contribution in [0.5, 0.6) is 5.75 Å². The zero-order valence-electron chi connectivity index (χ0n) is 24.0. The molecule has 1 aromatic heterocycles. The number of ether oxygens (including phenoxy) is 3. The number of hydrogen-bond acceptors (Lipinski definition) is 10. The summed E-state index contributed by atoms with van der Waals surface area (Å²) >= 11 is 6.17. The summed E-state index contributed by atoms with van der Waals surface area (Å²) in [6.07, 6.45) is -0.654. The Labute approximate surface area is 260 Å². The molecule has 12 heteroatoms. The number of halogens is 1. The zero-order valence-corrected chi connectivity index (χ0v) is 24.8. The molecule has 3 aliphatic rings. The molecule has 0 unspecified atom stereocenters. The molecule has 3 saturated heterocycles. The predicted molar refractivity (Wildman–Crippen MR) is 168 cm³/mol. The topological polar surface area (TPSA) is 105 Å². The van der Waals surface area contributed by atoms with Crippen molar-refractivity contribution < 1.29 is 19.0 Å². The molecule has 0 bridgehead atoms. The Morgan fingerprint density at radius 2 is 1.34 bits per heavy atom. The summed E-state index contributed by atoms with van der Waals surface area (Å²) < 4.78 is 17.2. The van der Waals surface area contributed by atoms with Gasteiger partial charge in [0, 0.05) is 42.6 Å². The smallest absolute Gasteiger partial charge is 0.271 e. The van der Waals surface area contributed by atoms with Crippen LogP contribution in [0.3, 0.4) is 0 Å². The largest absolute Gasteiger partial charge is 0.478 e. The number of aromatic nitrogens is 3. The number of carbonyl (C=O) groups excluding carboxylic acids is 1. The lowest BCUT2D eigenvalue weighted by atomic mass is 9.89. The Hall–Kier alpha value is -4.45. The lowest BCUT2D eigenvalue weighted by Crippen LogP contribution is -2.61. The molecule has 44 heavy (non-hydrogen) atoms. The number of amides is 1.